The molecule has 1 aromatic rings. The lowest BCUT2D eigenvalue weighted by atomic mass is 10.2. The van der Waals surface area contributed by atoms with Crippen LogP contribution in [0.5, 0.6) is 0 Å². The van der Waals surface area contributed by atoms with E-state index in [1.165, 1.54) is 19.1 Å². The van der Waals surface area contributed by atoms with Gasteiger partial charge in [0.25, 0.3) is 5.91 Å². The number of hydrogen-bond donors (Lipinski definition) is 0. The molecule has 1 aromatic carbocycles. The van der Waals surface area contributed by atoms with E-state index >= 15 is 0 Å². The fraction of sp³-hybridized carbons (Fsp3) is 0.364. The van der Waals surface area contributed by atoms with Crippen molar-refractivity contribution in [2.24, 2.45) is 0 Å². The van der Waals surface area contributed by atoms with Crippen LogP contribution < -0.4 is 0 Å². The number of alkyl halides is 3. The van der Waals surface area contributed by atoms with Gasteiger partial charge in [-0.1, -0.05) is 6.07 Å². The maximum absolute atomic E-state index is 13.6. The number of halogens is 5. The van der Waals surface area contributed by atoms with Gasteiger partial charge >= 0.3 is 6.18 Å². The van der Waals surface area contributed by atoms with Gasteiger partial charge in [-0.3, -0.25) is 4.79 Å². The molecule has 0 aliphatic rings. The van der Waals surface area contributed by atoms with Gasteiger partial charge in [0, 0.05) is 6.54 Å². The highest BCUT2D eigenvalue weighted by molar-refractivity contribution is 9.10. The summed E-state index contributed by atoms with van der Waals surface area (Å²) in [5, 5.41) is 0. The molecule has 0 atom stereocenters. The van der Waals surface area contributed by atoms with E-state index in [0.717, 1.165) is 6.07 Å². The summed E-state index contributed by atoms with van der Waals surface area (Å²) in [5.41, 5.74) is -0.379. The van der Waals surface area contributed by atoms with Crippen molar-refractivity contribution in [1.82, 2.24) is 4.90 Å². The van der Waals surface area contributed by atoms with Crippen molar-refractivity contribution < 1.29 is 22.4 Å². The first-order valence-corrected chi connectivity index (χ1v) is 5.85. The Morgan fingerprint density at radius 2 is 2.00 bits per heavy atom. The van der Waals surface area contributed by atoms with Gasteiger partial charge in [0.1, 0.15) is 12.4 Å². The maximum atomic E-state index is 13.6. The van der Waals surface area contributed by atoms with Crippen LogP contribution in [0.2, 0.25) is 0 Å². The molecule has 1 rings (SSSR count). The Hall–Kier alpha value is -1.11. The standard InChI is InChI=1S/C11H10BrF4NO/c1-2-17(6-11(14,15)16)10(18)7-4-3-5-8(12)9(7)13/h3-5H,2,6H2,1H3. The summed E-state index contributed by atoms with van der Waals surface area (Å²) in [7, 11) is 0. The summed E-state index contributed by atoms with van der Waals surface area (Å²) in [5.74, 6) is -1.84. The topological polar surface area (TPSA) is 20.3 Å². The zero-order chi connectivity index (χ0) is 13.9. The van der Waals surface area contributed by atoms with Crippen LogP contribution in [0.25, 0.3) is 0 Å². The zero-order valence-corrected chi connectivity index (χ0v) is 11.0. The van der Waals surface area contributed by atoms with E-state index in [1.54, 1.807) is 0 Å². The lowest BCUT2D eigenvalue weighted by Gasteiger charge is -2.22. The average Bonchev–Trinajstić information content (AvgIpc) is 2.27. The van der Waals surface area contributed by atoms with Gasteiger partial charge in [-0.15, -0.1) is 0 Å². The van der Waals surface area contributed by atoms with Crippen LogP contribution in [0.3, 0.4) is 0 Å². The molecule has 2 nitrogen and oxygen atoms in total. The molecular weight excluding hydrogens is 318 g/mol. The monoisotopic (exact) mass is 327 g/mol. The van der Waals surface area contributed by atoms with Gasteiger partial charge < -0.3 is 4.90 Å². The highest BCUT2D eigenvalue weighted by Gasteiger charge is 2.33. The summed E-state index contributed by atoms with van der Waals surface area (Å²) >= 11 is 2.88. The first-order valence-electron chi connectivity index (χ1n) is 5.06. The number of hydrogen-bond acceptors (Lipinski definition) is 1. The quantitative estimate of drug-likeness (QED) is 0.776. The summed E-state index contributed by atoms with van der Waals surface area (Å²) in [6.07, 6.45) is -4.51. The van der Waals surface area contributed by atoms with Gasteiger partial charge in [0.2, 0.25) is 0 Å². The Balaban J connectivity index is 3.01. The number of carbonyl (C=O) groups is 1. The summed E-state index contributed by atoms with van der Waals surface area (Å²) in [6, 6.07) is 3.91. The van der Waals surface area contributed by atoms with Crippen LogP contribution >= 0.6 is 15.9 Å². The van der Waals surface area contributed by atoms with Crippen molar-refractivity contribution in [3.63, 3.8) is 0 Å². The molecule has 0 saturated heterocycles. The van der Waals surface area contributed by atoms with E-state index in [2.05, 4.69) is 15.9 Å². The minimum absolute atomic E-state index is 0.0383. The molecule has 0 bridgehead atoms. The van der Waals surface area contributed by atoms with Gasteiger partial charge in [-0.25, -0.2) is 4.39 Å². The van der Waals surface area contributed by atoms with Crippen molar-refractivity contribution in [2.75, 3.05) is 13.1 Å². The Kier molecular flexibility index (Phi) is 4.72. The minimum Gasteiger partial charge on any atom is -0.330 e. The smallest absolute Gasteiger partial charge is 0.330 e. The fourth-order valence-corrected chi connectivity index (χ4v) is 1.75. The number of nitrogens with zero attached hydrogens (tertiary/aromatic N) is 1. The van der Waals surface area contributed by atoms with Gasteiger partial charge in [-0.2, -0.15) is 13.2 Å². The molecule has 0 aliphatic heterocycles. The van der Waals surface area contributed by atoms with Crippen LogP contribution in [0.1, 0.15) is 17.3 Å². The van der Waals surface area contributed by atoms with Crippen LogP contribution in [0.4, 0.5) is 17.6 Å². The third-order valence-electron chi connectivity index (χ3n) is 2.22. The third kappa shape index (κ3) is 3.69. The summed E-state index contributed by atoms with van der Waals surface area (Å²) in [4.78, 5) is 12.3. The second kappa shape index (κ2) is 5.69. The predicted molar refractivity (Wildman–Crippen MR) is 61.7 cm³/mol. The molecule has 0 unspecified atom stereocenters. The van der Waals surface area contributed by atoms with E-state index in [0.29, 0.717) is 4.90 Å². The Morgan fingerprint density at radius 1 is 1.39 bits per heavy atom. The molecule has 100 valence electrons. The van der Waals surface area contributed by atoms with Crippen LogP contribution in [-0.4, -0.2) is 30.1 Å². The van der Waals surface area contributed by atoms with Crippen molar-refractivity contribution in [1.29, 1.82) is 0 Å². The van der Waals surface area contributed by atoms with Crippen molar-refractivity contribution in [3.8, 4) is 0 Å². The summed E-state index contributed by atoms with van der Waals surface area (Å²) in [6.45, 7) is -0.141. The predicted octanol–water partition coefficient (Wildman–Crippen LogP) is 3.61. The van der Waals surface area contributed by atoms with E-state index in [9.17, 15) is 22.4 Å². The molecule has 0 aliphatic carbocycles. The van der Waals surface area contributed by atoms with Crippen molar-refractivity contribution in [3.05, 3.63) is 34.1 Å². The van der Waals surface area contributed by atoms with E-state index in [4.69, 9.17) is 0 Å². The normalized spacial score (nSPS) is 11.4. The van der Waals surface area contributed by atoms with E-state index in [1.807, 2.05) is 0 Å². The Morgan fingerprint density at radius 3 is 2.50 bits per heavy atom. The Labute approximate surface area is 110 Å². The highest BCUT2D eigenvalue weighted by Crippen LogP contribution is 2.22. The van der Waals surface area contributed by atoms with Gasteiger partial charge in [0.05, 0.1) is 10.0 Å². The zero-order valence-electron chi connectivity index (χ0n) is 9.39. The fourth-order valence-electron chi connectivity index (χ4n) is 1.38. The number of rotatable bonds is 3. The average molecular weight is 328 g/mol. The molecule has 0 heterocycles. The Bertz CT molecular complexity index is 447. The molecular formula is C11H10BrF4NO. The van der Waals surface area contributed by atoms with Crippen LogP contribution in [-0.2, 0) is 0 Å². The van der Waals surface area contributed by atoms with Crippen LogP contribution in [0.15, 0.2) is 22.7 Å². The largest absolute Gasteiger partial charge is 0.406 e. The van der Waals surface area contributed by atoms with Gasteiger partial charge in [-0.05, 0) is 35.0 Å². The van der Waals surface area contributed by atoms with Crippen molar-refractivity contribution >= 4 is 21.8 Å². The number of amides is 1. The second-order valence-electron chi connectivity index (χ2n) is 3.54. The van der Waals surface area contributed by atoms with Gasteiger partial charge in [0.15, 0.2) is 0 Å². The molecule has 7 heteroatoms. The minimum atomic E-state index is -4.51. The molecule has 0 radical (unpaired) electrons. The molecule has 0 fully saturated rings. The molecule has 0 N–H and O–H groups in total. The molecule has 0 aromatic heterocycles. The molecule has 0 saturated carbocycles. The lowest BCUT2D eigenvalue weighted by molar-refractivity contribution is -0.140. The lowest BCUT2D eigenvalue weighted by Crippen LogP contribution is -2.39. The SMILES string of the molecule is CCN(CC(F)(F)F)C(=O)c1cccc(Br)c1F. The second-order valence-corrected chi connectivity index (χ2v) is 4.39. The number of benzene rings is 1. The van der Waals surface area contributed by atoms with E-state index in [-0.39, 0.29) is 16.6 Å². The highest BCUT2D eigenvalue weighted by atomic mass is 79.9. The van der Waals surface area contributed by atoms with Crippen molar-refractivity contribution in [2.45, 2.75) is 13.1 Å². The molecule has 0 spiro atoms. The van der Waals surface area contributed by atoms with Crippen LogP contribution in [0, 0.1) is 5.82 Å². The number of carbonyl (C=O) groups excluding carboxylic acids is 1. The molecule has 1 amide bonds. The maximum Gasteiger partial charge on any atom is 0.406 e. The first-order chi connectivity index (χ1) is 8.26. The summed E-state index contributed by atoms with van der Waals surface area (Å²) < 4.78 is 50.4. The first kappa shape index (κ1) is 14.9. The molecule has 18 heavy (non-hydrogen) atoms. The van der Waals surface area contributed by atoms with E-state index < -0.39 is 24.4 Å². The third-order valence-corrected chi connectivity index (χ3v) is 2.83.